The summed E-state index contributed by atoms with van der Waals surface area (Å²) < 4.78 is 13.5. The zero-order chi connectivity index (χ0) is 16.9. The maximum atomic E-state index is 13.5. The molecule has 24 heavy (non-hydrogen) atoms. The van der Waals surface area contributed by atoms with E-state index in [2.05, 4.69) is 15.3 Å². The van der Waals surface area contributed by atoms with E-state index in [4.69, 9.17) is 0 Å². The largest absolute Gasteiger partial charge is 0.355 e. The Morgan fingerprint density at radius 1 is 1.25 bits per heavy atom. The number of nitrogens with one attached hydrogen (secondary N) is 2. The van der Waals surface area contributed by atoms with Crippen molar-refractivity contribution in [1.29, 1.82) is 0 Å². The Balaban J connectivity index is 1.55. The summed E-state index contributed by atoms with van der Waals surface area (Å²) in [4.78, 5) is 19.8. The van der Waals surface area contributed by atoms with Crippen LogP contribution in [0.15, 0.2) is 42.5 Å². The Labute approximate surface area is 140 Å². The second kappa shape index (κ2) is 7.25. The standard InChI is InChI=1S/C19H20FN3O/c1-2-18-22-16-8-7-13(11-17(16)23-18)12-19(24)21-10-9-14-5-3-4-6-15(14)20/h3-8,11H,2,9-10,12H2,1H3,(H,21,24)(H,22,23). The highest BCUT2D eigenvalue weighted by atomic mass is 19.1. The molecule has 0 unspecified atom stereocenters. The Hall–Kier alpha value is -2.69. The van der Waals surface area contributed by atoms with Gasteiger partial charge in [-0.05, 0) is 35.7 Å². The van der Waals surface area contributed by atoms with Crippen molar-refractivity contribution in [2.75, 3.05) is 6.54 Å². The summed E-state index contributed by atoms with van der Waals surface area (Å²) in [5.74, 6) is 0.639. The van der Waals surface area contributed by atoms with Crippen molar-refractivity contribution < 1.29 is 9.18 Å². The van der Waals surface area contributed by atoms with Gasteiger partial charge in [0, 0.05) is 13.0 Å². The van der Waals surface area contributed by atoms with Gasteiger partial charge in [-0.1, -0.05) is 31.2 Å². The van der Waals surface area contributed by atoms with Gasteiger partial charge < -0.3 is 10.3 Å². The number of aromatic nitrogens is 2. The second-order valence-electron chi connectivity index (χ2n) is 5.76. The molecule has 2 aromatic carbocycles. The Morgan fingerprint density at radius 3 is 2.88 bits per heavy atom. The van der Waals surface area contributed by atoms with Gasteiger partial charge in [-0.15, -0.1) is 0 Å². The lowest BCUT2D eigenvalue weighted by Crippen LogP contribution is -2.27. The van der Waals surface area contributed by atoms with Gasteiger partial charge in [-0.25, -0.2) is 9.37 Å². The second-order valence-corrected chi connectivity index (χ2v) is 5.76. The number of fused-ring (bicyclic) bond motifs is 1. The maximum absolute atomic E-state index is 13.5. The molecule has 1 heterocycles. The molecule has 4 nitrogen and oxygen atoms in total. The van der Waals surface area contributed by atoms with Crippen LogP contribution in [-0.2, 0) is 24.1 Å². The van der Waals surface area contributed by atoms with Gasteiger partial charge in [0.2, 0.25) is 5.91 Å². The smallest absolute Gasteiger partial charge is 0.224 e. The highest BCUT2D eigenvalue weighted by Crippen LogP contribution is 2.14. The SMILES string of the molecule is CCc1nc2ccc(CC(=O)NCCc3ccccc3F)cc2[nH]1. The molecule has 1 amide bonds. The molecule has 124 valence electrons. The van der Waals surface area contributed by atoms with E-state index in [1.54, 1.807) is 18.2 Å². The Kier molecular flexibility index (Phi) is 4.89. The van der Waals surface area contributed by atoms with E-state index in [0.29, 0.717) is 24.9 Å². The number of hydrogen-bond acceptors (Lipinski definition) is 2. The van der Waals surface area contributed by atoms with E-state index < -0.39 is 0 Å². The summed E-state index contributed by atoms with van der Waals surface area (Å²) in [5.41, 5.74) is 3.40. The molecule has 0 radical (unpaired) electrons. The summed E-state index contributed by atoms with van der Waals surface area (Å²) in [7, 11) is 0. The Bertz CT molecular complexity index is 857. The van der Waals surface area contributed by atoms with Gasteiger partial charge in [0.15, 0.2) is 0 Å². The third-order valence-electron chi connectivity index (χ3n) is 3.97. The van der Waals surface area contributed by atoms with Gasteiger partial charge in [0.05, 0.1) is 17.5 Å². The van der Waals surface area contributed by atoms with Crippen molar-refractivity contribution in [1.82, 2.24) is 15.3 Å². The van der Waals surface area contributed by atoms with Crippen molar-refractivity contribution in [3.8, 4) is 0 Å². The highest BCUT2D eigenvalue weighted by Gasteiger charge is 2.07. The average Bonchev–Trinajstić information content (AvgIpc) is 2.99. The predicted octanol–water partition coefficient (Wildman–Crippen LogP) is 3.17. The quantitative estimate of drug-likeness (QED) is 0.731. The van der Waals surface area contributed by atoms with Crippen LogP contribution in [-0.4, -0.2) is 22.4 Å². The summed E-state index contributed by atoms with van der Waals surface area (Å²) >= 11 is 0. The number of H-pyrrole nitrogens is 1. The van der Waals surface area contributed by atoms with Crippen LogP contribution >= 0.6 is 0 Å². The van der Waals surface area contributed by atoms with Crippen LogP contribution in [0.4, 0.5) is 4.39 Å². The van der Waals surface area contributed by atoms with Gasteiger partial charge in [-0.3, -0.25) is 4.79 Å². The van der Waals surface area contributed by atoms with Crippen LogP contribution in [0.2, 0.25) is 0 Å². The van der Waals surface area contributed by atoms with Gasteiger partial charge in [0.1, 0.15) is 11.6 Å². The number of aryl methyl sites for hydroxylation is 1. The third-order valence-corrected chi connectivity index (χ3v) is 3.97. The lowest BCUT2D eigenvalue weighted by Gasteiger charge is -2.06. The lowest BCUT2D eigenvalue weighted by atomic mass is 10.1. The van der Waals surface area contributed by atoms with E-state index in [1.807, 2.05) is 25.1 Å². The fraction of sp³-hybridized carbons (Fsp3) is 0.263. The van der Waals surface area contributed by atoms with Crippen LogP contribution in [0.3, 0.4) is 0 Å². The molecule has 0 bridgehead atoms. The first kappa shape index (κ1) is 16.2. The van der Waals surface area contributed by atoms with Crippen molar-refractivity contribution in [2.24, 2.45) is 0 Å². The molecule has 0 fully saturated rings. The van der Waals surface area contributed by atoms with Crippen molar-refractivity contribution in [3.63, 3.8) is 0 Å². The number of aromatic amines is 1. The van der Waals surface area contributed by atoms with E-state index in [1.165, 1.54) is 6.07 Å². The number of hydrogen-bond donors (Lipinski definition) is 2. The minimum atomic E-state index is -0.233. The number of imidazole rings is 1. The first-order valence-corrected chi connectivity index (χ1v) is 8.13. The number of carbonyl (C=O) groups is 1. The minimum Gasteiger partial charge on any atom is -0.355 e. The van der Waals surface area contributed by atoms with Crippen molar-refractivity contribution >= 4 is 16.9 Å². The van der Waals surface area contributed by atoms with Crippen LogP contribution in [0.5, 0.6) is 0 Å². The molecule has 2 N–H and O–H groups in total. The fourth-order valence-electron chi connectivity index (χ4n) is 2.67. The molecule has 0 aliphatic heterocycles. The molecule has 3 aromatic rings. The highest BCUT2D eigenvalue weighted by molar-refractivity contribution is 5.81. The molecule has 0 atom stereocenters. The summed E-state index contributed by atoms with van der Waals surface area (Å²) in [5, 5.41) is 2.84. The molecule has 5 heteroatoms. The number of carbonyl (C=O) groups excluding carboxylic acids is 1. The topological polar surface area (TPSA) is 57.8 Å². The molecule has 0 aliphatic rings. The zero-order valence-electron chi connectivity index (χ0n) is 13.6. The summed E-state index contributed by atoms with van der Waals surface area (Å²) in [6.45, 7) is 2.47. The maximum Gasteiger partial charge on any atom is 0.224 e. The third kappa shape index (κ3) is 3.79. The average molecular weight is 325 g/mol. The lowest BCUT2D eigenvalue weighted by molar-refractivity contribution is -0.120. The van der Waals surface area contributed by atoms with Gasteiger partial charge in [-0.2, -0.15) is 0 Å². The van der Waals surface area contributed by atoms with E-state index >= 15 is 0 Å². The fourth-order valence-corrected chi connectivity index (χ4v) is 2.67. The number of nitrogens with zero attached hydrogens (tertiary/aromatic N) is 1. The molecular formula is C19H20FN3O. The molecule has 3 rings (SSSR count). The number of amides is 1. The molecule has 0 saturated heterocycles. The summed E-state index contributed by atoms with van der Waals surface area (Å²) in [6, 6.07) is 12.4. The van der Waals surface area contributed by atoms with Crippen molar-refractivity contribution in [3.05, 3.63) is 65.2 Å². The van der Waals surface area contributed by atoms with Crippen LogP contribution in [0.25, 0.3) is 11.0 Å². The number of rotatable bonds is 6. The van der Waals surface area contributed by atoms with Crippen LogP contribution in [0.1, 0.15) is 23.9 Å². The van der Waals surface area contributed by atoms with Crippen LogP contribution in [0, 0.1) is 5.82 Å². The van der Waals surface area contributed by atoms with E-state index in [-0.39, 0.29) is 11.7 Å². The molecule has 0 spiro atoms. The normalized spacial score (nSPS) is 10.9. The summed E-state index contributed by atoms with van der Waals surface area (Å²) in [6.07, 6.45) is 1.63. The zero-order valence-corrected chi connectivity index (χ0v) is 13.6. The minimum absolute atomic E-state index is 0.0686. The molecule has 0 aliphatic carbocycles. The molecular weight excluding hydrogens is 305 g/mol. The predicted molar refractivity (Wildman–Crippen MR) is 92.3 cm³/mol. The van der Waals surface area contributed by atoms with Crippen LogP contribution < -0.4 is 5.32 Å². The monoisotopic (exact) mass is 325 g/mol. The first-order valence-electron chi connectivity index (χ1n) is 8.13. The molecule has 1 aromatic heterocycles. The molecule has 0 saturated carbocycles. The number of halogens is 1. The van der Waals surface area contributed by atoms with E-state index in [0.717, 1.165) is 28.8 Å². The van der Waals surface area contributed by atoms with Gasteiger partial charge >= 0.3 is 0 Å². The van der Waals surface area contributed by atoms with Gasteiger partial charge in [0.25, 0.3) is 0 Å². The van der Waals surface area contributed by atoms with E-state index in [9.17, 15) is 9.18 Å². The van der Waals surface area contributed by atoms with Crippen molar-refractivity contribution in [2.45, 2.75) is 26.2 Å². The Morgan fingerprint density at radius 2 is 2.08 bits per heavy atom. The first-order chi connectivity index (χ1) is 11.7. The number of benzene rings is 2.